The van der Waals surface area contributed by atoms with Crippen LogP contribution in [0, 0.1) is 0 Å². The Labute approximate surface area is 371 Å². The predicted octanol–water partition coefficient (Wildman–Crippen LogP) is 4.22. The second-order valence-corrected chi connectivity index (χ2v) is 16.9. The molecule has 64 heavy (non-hydrogen) atoms. The Hall–Kier alpha value is -5.94. The van der Waals surface area contributed by atoms with Crippen LogP contribution in [-0.4, -0.2) is 142 Å². The van der Waals surface area contributed by atoms with E-state index in [-0.39, 0.29) is 41.1 Å². The first-order valence-electron chi connectivity index (χ1n) is 22.2. The molecule has 5 amide bonds. The lowest BCUT2D eigenvalue weighted by Crippen LogP contribution is -2.54. The van der Waals surface area contributed by atoms with Gasteiger partial charge in [0.15, 0.2) is 5.78 Å². The summed E-state index contributed by atoms with van der Waals surface area (Å²) >= 11 is 0. The number of H-pyrrole nitrogens is 1. The molecule has 1 atom stereocenters. The van der Waals surface area contributed by atoms with Crippen LogP contribution >= 0.6 is 0 Å². The van der Waals surface area contributed by atoms with Gasteiger partial charge in [0.05, 0.1) is 76.0 Å². The number of carbonyl (C=O) groups excluding carboxylic acids is 6. The third-order valence-electron chi connectivity index (χ3n) is 12.7. The molecule has 0 saturated carbocycles. The van der Waals surface area contributed by atoms with Crippen LogP contribution in [0.25, 0.3) is 10.9 Å². The Morgan fingerprint density at radius 1 is 0.781 bits per heavy atom. The molecule has 338 valence electrons. The van der Waals surface area contributed by atoms with Gasteiger partial charge in [0, 0.05) is 78.1 Å². The molecule has 3 aliphatic heterocycles. The van der Waals surface area contributed by atoms with Gasteiger partial charge in [-0.3, -0.25) is 39.0 Å². The molecule has 0 bridgehead atoms. The number of hydrogen-bond acceptors (Lipinski definition) is 12. The van der Waals surface area contributed by atoms with Gasteiger partial charge in [-0.2, -0.15) is 0 Å². The van der Waals surface area contributed by atoms with Crippen molar-refractivity contribution in [2.75, 3.05) is 95.8 Å². The number of nitrogens with zero attached hydrogens (tertiary/aromatic N) is 3. The number of anilines is 2. The fourth-order valence-electron chi connectivity index (χ4n) is 9.23. The summed E-state index contributed by atoms with van der Waals surface area (Å²) in [6.45, 7) is 12.4. The second-order valence-electron chi connectivity index (χ2n) is 16.9. The van der Waals surface area contributed by atoms with Gasteiger partial charge in [-0.05, 0) is 54.3 Å². The monoisotopic (exact) mass is 876 g/mol. The fourth-order valence-corrected chi connectivity index (χ4v) is 9.23. The van der Waals surface area contributed by atoms with Gasteiger partial charge in [-0.1, -0.05) is 45.0 Å². The standard InChI is InChI=1S/C48H56N6O10/c1-4-30-28-33-34(48(2,3)44-42(43(33)57)31-8-5-6-10-35(31)50-44)29-38(30)52-16-18-53(19-17-52)40(56)14-20-61-22-24-63-26-27-64-25-23-62-21-15-49-36-11-7-9-32-41(36)47(60)54(46(32)59)37-12-13-39(55)51-45(37)58/h5-11,28-29,37,49-50H,4,12-27H2,1-3H3,(H,51,55,58). The Bertz CT molecular complexity index is 2450. The minimum atomic E-state index is -1.02. The van der Waals surface area contributed by atoms with Crippen LogP contribution in [0.15, 0.2) is 54.6 Å². The summed E-state index contributed by atoms with van der Waals surface area (Å²) < 4.78 is 22.5. The van der Waals surface area contributed by atoms with E-state index >= 15 is 0 Å². The van der Waals surface area contributed by atoms with Gasteiger partial charge < -0.3 is 39.0 Å². The minimum absolute atomic E-state index is 0.0584. The summed E-state index contributed by atoms with van der Waals surface area (Å²) in [5.74, 6) is -2.05. The zero-order chi connectivity index (χ0) is 45.0. The van der Waals surface area contributed by atoms with E-state index in [2.05, 4.69) is 53.4 Å². The average Bonchev–Trinajstić information content (AvgIpc) is 3.82. The number of ketones is 1. The van der Waals surface area contributed by atoms with E-state index in [9.17, 15) is 28.8 Å². The highest BCUT2D eigenvalue weighted by atomic mass is 16.6. The number of aromatic amines is 1. The molecule has 3 N–H and O–H groups in total. The van der Waals surface area contributed by atoms with E-state index in [0.717, 1.165) is 55.9 Å². The number of piperazine rings is 1. The van der Waals surface area contributed by atoms with Crippen molar-refractivity contribution in [3.05, 3.63) is 93.7 Å². The van der Waals surface area contributed by atoms with Gasteiger partial charge in [-0.25, -0.2) is 0 Å². The summed E-state index contributed by atoms with van der Waals surface area (Å²) in [5, 5.41) is 6.31. The Morgan fingerprint density at radius 2 is 1.47 bits per heavy atom. The van der Waals surface area contributed by atoms with Crippen LogP contribution in [0.3, 0.4) is 0 Å². The van der Waals surface area contributed by atoms with E-state index in [0.29, 0.717) is 97.7 Å². The molecule has 16 nitrogen and oxygen atoms in total. The number of ether oxygens (including phenoxy) is 4. The number of amides is 5. The van der Waals surface area contributed by atoms with Crippen molar-refractivity contribution in [3.63, 3.8) is 0 Å². The molecule has 8 rings (SSSR count). The SMILES string of the molecule is CCc1cc2c(cc1N1CCN(C(=O)CCOCCOCCOCCOCCNc3cccc4c3C(=O)N(C3CCC(=O)NC3=O)C4=O)CC1)C(C)(C)c1[nH]c3ccccc3c1C2=O. The van der Waals surface area contributed by atoms with Gasteiger partial charge in [0.1, 0.15) is 6.04 Å². The Balaban J connectivity index is 0.672. The highest BCUT2D eigenvalue weighted by Gasteiger charge is 2.46. The second kappa shape index (κ2) is 19.4. The van der Waals surface area contributed by atoms with Crippen molar-refractivity contribution in [1.82, 2.24) is 20.1 Å². The number of para-hydroxylation sites is 1. The zero-order valence-corrected chi connectivity index (χ0v) is 36.7. The van der Waals surface area contributed by atoms with Crippen LogP contribution in [0.5, 0.6) is 0 Å². The van der Waals surface area contributed by atoms with Crippen molar-refractivity contribution in [2.24, 2.45) is 0 Å². The fraction of sp³-hybridized carbons (Fsp3) is 0.458. The van der Waals surface area contributed by atoms with Crippen molar-refractivity contribution in [1.29, 1.82) is 0 Å². The number of imide groups is 2. The lowest BCUT2D eigenvalue weighted by atomic mass is 9.70. The number of nitrogens with one attached hydrogen (secondary N) is 3. The maximum atomic E-state index is 14.0. The molecule has 1 aliphatic carbocycles. The smallest absolute Gasteiger partial charge is 0.264 e. The van der Waals surface area contributed by atoms with Crippen LogP contribution in [0.4, 0.5) is 11.4 Å². The van der Waals surface area contributed by atoms with E-state index < -0.39 is 29.7 Å². The zero-order valence-electron chi connectivity index (χ0n) is 36.7. The molecule has 16 heteroatoms. The summed E-state index contributed by atoms with van der Waals surface area (Å²) in [5.41, 5.74) is 7.30. The Morgan fingerprint density at radius 3 is 2.17 bits per heavy atom. The molecule has 4 aliphatic rings. The summed E-state index contributed by atoms with van der Waals surface area (Å²) in [7, 11) is 0. The summed E-state index contributed by atoms with van der Waals surface area (Å²) in [6, 6.07) is 16.2. The highest BCUT2D eigenvalue weighted by Crippen LogP contribution is 2.46. The predicted molar refractivity (Wildman–Crippen MR) is 238 cm³/mol. The van der Waals surface area contributed by atoms with E-state index in [1.165, 1.54) is 0 Å². The lowest BCUT2D eigenvalue weighted by Gasteiger charge is -2.39. The van der Waals surface area contributed by atoms with Crippen LogP contribution < -0.4 is 15.5 Å². The van der Waals surface area contributed by atoms with E-state index in [1.807, 2.05) is 29.2 Å². The van der Waals surface area contributed by atoms with Crippen LogP contribution in [0.2, 0.25) is 0 Å². The van der Waals surface area contributed by atoms with Gasteiger partial charge in [-0.15, -0.1) is 0 Å². The van der Waals surface area contributed by atoms with Crippen molar-refractivity contribution >= 4 is 57.6 Å². The third-order valence-corrected chi connectivity index (χ3v) is 12.7. The molecule has 2 saturated heterocycles. The number of rotatable bonds is 19. The molecule has 4 aromatic rings. The topological polar surface area (TPSA) is 189 Å². The molecule has 2 fully saturated rings. The first-order chi connectivity index (χ1) is 31.0. The largest absolute Gasteiger partial charge is 0.382 e. The quantitative estimate of drug-likeness (QED) is 0.0901. The maximum absolute atomic E-state index is 14.0. The number of hydrogen-bond donors (Lipinski definition) is 3. The molecule has 1 unspecified atom stereocenters. The molecule has 1 aromatic heterocycles. The van der Waals surface area contributed by atoms with Crippen molar-refractivity contribution < 1.29 is 47.7 Å². The van der Waals surface area contributed by atoms with Gasteiger partial charge >= 0.3 is 0 Å². The molecular formula is C48H56N6O10. The third kappa shape index (κ3) is 8.92. The number of carbonyl (C=O) groups is 6. The van der Waals surface area contributed by atoms with Crippen molar-refractivity contribution in [3.8, 4) is 0 Å². The number of fused-ring (bicyclic) bond motifs is 5. The normalized spacial score (nSPS) is 18.1. The first-order valence-corrected chi connectivity index (χ1v) is 22.2. The van der Waals surface area contributed by atoms with Crippen LogP contribution in [0.1, 0.15) is 93.5 Å². The number of benzene rings is 3. The van der Waals surface area contributed by atoms with E-state index in [4.69, 9.17) is 18.9 Å². The van der Waals surface area contributed by atoms with Crippen molar-refractivity contribution in [2.45, 2.75) is 57.9 Å². The van der Waals surface area contributed by atoms with Gasteiger partial charge in [0.25, 0.3) is 11.8 Å². The number of aromatic nitrogens is 1. The average molecular weight is 877 g/mol. The van der Waals surface area contributed by atoms with Gasteiger partial charge in [0.2, 0.25) is 17.7 Å². The molecule has 4 heterocycles. The molecular weight excluding hydrogens is 821 g/mol. The molecule has 0 radical (unpaired) electrons. The first kappa shape index (κ1) is 44.7. The summed E-state index contributed by atoms with van der Waals surface area (Å²) in [6.07, 6.45) is 1.25. The van der Waals surface area contributed by atoms with E-state index in [1.54, 1.807) is 18.2 Å². The molecule has 0 spiro atoms. The van der Waals surface area contributed by atoms with Crippen LogP contribution in [-0.2, 0) is 45.2 Å². The summed E-state index contributed by atoms with van der Waals surface area (Å²) in [4.78, 5) is 86.0. The lowest BCUT2D eigenvalue weighted by molar-refractivity contribution is -0.136. The number of aryl methyl sites for hydroxylation is 1. The highest BCUT2D eigenvalue weighted by molar-refractivity contribution is 6.25. The molecule has 3 aromatic carbocycles. The minimum Gasteiger partial charge on any atom is -0.382 e. The maximum Gasteiger partial charge on any atom is 0.264 e. The Kier molecular flexibility index (Phi) is 13.6. The number of piperidine rings is 1.